The van der Waals surface area contributed by atoms with Crippen molar-refractivity contribution in [1.82, 2.24) is 5.32 Å². The van der Waals surface area contributed by atoms with Crippen LogP contribution in [0.5, 0.6) is 5.75 Å². The van der Waals surface area contributed by atoms with E-state index in [4.69, 9.17) is 21.6 Å². The molecule has 0 saturated carbocycles. The number of nitrogens with zero attached hydrogens (tertiary/aromatic N) is 1. The van der Waals surface area contributed by atoms with Crippen LogP contribution in [0.1, 0.15) is 13.8 Å². The summed E-state index contributed by atoms with van der Waals surface area (Å²) in [4.78, 5) is 11.5. The summed E-state index contributed by atoms with van der Waals surface area (Å²) in [5.41, 5.74) is -1.11. The van der Waals surface area contributed by atoms with E-state index in [1.165, 1.54) is 0 Å². The maximum atomic E-state index is 11.5. The standard InChI is InChI=1S/C11H11ClN2O2/c1-11(2,10(15)14-7-13)16-9-5-3-8(12)4-6-9/h3-6H,1-2H3,(H,14,15). The third-order valence-corrected chi connectivity index (χ3v) is 2.15. The molecule has 0 saturated heterocycles. The lowest BCUT2D eigenvalue weighted by Crippen LogP contribution is -2.44. The number of hydrogen-bond donors (Lipinski definition) is 1. The highest BCUT2D eigenvalue weighted by atomic mass is 35.5. The van der Waals surface area contributed by atoms with Crippen molar-refractivity contribution >= 4 is 17.5 Å². The Morgan fingerprint density at radius 3 is 2.50 bits per heavy atom. The number of nitriles is 1. The summed E-state index contributed by atoms with van der Waals surface area (Å²) < 4.78 is 5.45. The van der Waals surface area contributed by atoms with Crippen LogP contribution < -0.4 is 10.1 Å². The van der Waals surface area contributed by atoms with Crippen molar-refractivity contribution in [3.63, 3.8) is 0 Å². The number of nitrogens with one attached hydrogen (secondary N) is 1. The Balaban J connectivity index is 2.76. The van der Waals surface area contributed by atoms with Crippen LogP contribution in [0.4, 0.5) is 0 Å². The Morgan fingerprint density at radius 2 is 2.00 bits per heavy atom. The average Bonchev–Trinajstić information content (AvgIpc) is 2.21. The van der Waals surface area contributed by atoms with Crippen molar-refractivity contribution in [2.24, 2.45) is 0 Å². The van der Waals surface area contributed by atoms with Crippen molar-refractivity contribution < 1.29 is 9.53 Å². The van der Waals surface area contributed by atoms with E-state index in [9.17, 15) is 4.79 Å². The molecule has 16 heavy (non-hydrogen) atoms. The maximum absolute atomic E-state index is 11.5. The number of hydrogen-bond acceptors (Lipinski definition) is 3. The largest absolute Gasteiger partial charge is 0.478 e. The predicted octanol–water partition coefficient (Wildman–Crippen LogP) is 2.09. The molecule has 0 aromatic heterocycles. The molecule has 0 unspecified atom stereocenters. The highest BCUT2D eigenvalue weighted by molar-refractivity contribution is 6.30. The van der Waals surface area contributed by atoms with E-state index in [1.54, 1.807) is 44.3 Å². The molecule has 1 aromatic carbocycles. The van der Waals surface area contributed by atoms with Crippen LogP contribution in [0, 0.1) is 11.5 Å². The van der Waals surface area contributed by atoms with Crippen molar-refractivity contribution in [1.29, 1.82) is 5.26 Å². The van der Waals surface area contributed by atoms with Gasteiger partial charge in [-0.1, -0.05) is 11.6 Å². The zero-order valence-corrected chi connectivity index (χ0v) is 9.71. The topological polar surface area (TPSA) is 62.1 Å². The van der Waals surface area contributed by atoms with Crippen LogP contribution in [0.3, 0.4) is 0 Å². The highest BCUT2D eigenvalue weighted by Crippen LogP contribution is 2.20. The van der Waals surface area contributed by atoms with Gasteiger partial charge in [0.15, 0.2) is 11.8 Å². The van der Waals surface area contributed by atoms with E-state index in [0.29, 0.717) is 10.8 Å². The van der Waals surface area contributed by atoms with Crippen molar-refractivity contribution in [2.45, 2.75) is 19.4 Å². The van der Waals surface area contributed by atoms with Gasteiger partial charge in [0.25, 0.3) is 5.91 Å². The molecule has 1 amide bonds. The second-order valence-electron chi connectivity index (χ2n) is 3.63. The van der Waals surface area contributed by atoms with Gasteiger partial charge in [-0.15, -0.1) is 0 Å². The highest BCUT2D eigenvalue weighted by Gasteiger charge is 2.29. The summed E-state index contributed by atoms with van der Waals surface area (Å²) in [7, 11) is 0. The molecule has 1 rings (SSSR count). The molecular formula is C11H11ClN2O2. The lowest BCUT2D eigenvalue weighted by molar-refractivity contribution is -0.132. The van der Waals surface area contributed by atoms with Gasteiger partial charge in [-0.05, 0) is 38.1 Å². The van der Waals surface area contributed by atoms with E-state index in [-0.39, 0.29) is 0 Å². The molecule has 0 atom stereocenters. The van der Waals surface area contributed by atoms with E-state index < -0.39 is 11.5 Å². The number of rotatable bonds is 3. The molecule has 0 fully saturated rings. The fourth-order valence-electron chi connectivity index (χ4n) is 1.04. The summed E-state index contributed by atoms with van der Waals surface area (Å²) in [5, 5.41) is 11.0. The predicted molar refractivity (Wildman–Crippen MR) is 59.9 cm³/mol. The zero-order valence-electron chi connectivity index (χ0n) is 8.95. The normalized spacial score (nSPS) is 10.4. The molecule has 5 heteroatoms. The summed E-state index contributed by atoms with van der Waals surface area (Å²) in [6, 6.07) is 6.64. The molecule has 0 aliphatic carbocycles. The molecular weight excluding hydrogens is 228 g/mol. The Kier molecular flexibility index (Phi) is 3.75. The molecule has 0 aliphatic heterocycles. The Labute approximate surface area is 98.8 Å². The van der Waals surface area contributed by atoms with Crippen LogP contribution in [0.25, 0.3) is 0 Å². The first-order valence-electron chi connectivity index (χ1n) is 4.60. The minimum absolute atomic E-state index is 0.495. The molecule has 1 N–H and O–H groups in total. The van der Waals surface area contributed by atoms with Gasteiger partial charge in [0.1, 0.15) is 5.75 Å². The molecule has 0 bridgehead atoms. The summed E-state index contributed by atoms with van der Waals surface area (Å²) >= 11 is 5.72. The smallest absolute Gasteiger partial charge is 0.276 e. The number of ether oxygens (including phenoxy) is 1. The zero-order chi connectivity index (χ0) is 12.2. The third-order valence-electron chi connectivity index (χ3n) is 1.90. The Hall–Kier alpha value is -1.73. The van der Waals surface area contributed by atoms with Gasteiger partial charge in [0.2, 0.25) is 0 Å². The summed E-state index contributed by atoms with van der Waals surface area (Å²) in [5.74, 6) is 0.0208. The number of benzene rings is 1. The maximum Gasteiger partial charge on any atom is 0.276 e. The first-order chi connectivity index (χ1) is 7.45. The van der Waals surface area contributed by atoms with E-state index in [0.717, 1.165) is 0 Å². The van der Waals surface area contributed by atoms with Gasteiger partial charge in [0.05, 0.1) is 0 Å². The number of halogens is 1. The minimum Gasteiger partial charge on any atom is -0.478 e. The number of carbonyl (C=O) groups excluding carboxylic acids is 1. The quantitative estimate of drug-likeness (QED) is 0.648. The summed E-state index contributed by atoms with van der Waals surface area (Å²) in [6.45, 7) is 3.16. The van der Waals surface area contributed by atoms with Crippen LogP contribution in [0.2, 0.25) is 5.02 Å². The first-order valence-corrected chi connectivity index (χ1v) is 4.97. The molecule has 0 radical (unpaired) electrons. The van der Waals surface area contributed by atoms with Gasteiger partial charge in [-0.25, -0.2) is 0 Å². The SMILES string of the molecule is CC(C)(Oc1ccc(Cl)cc1)C(=O)NC#N. The van der Waals surface area contributed by atoms with Gasteiger partial charge in [-0.2, -0.15) is 5.26 Å². The summed E-state index contributed by atoms with van der Waals surface area (Å²) in [6.07, 6.45) is 1.57. The lowest BCUT2D eigenvalue weighted by atomic mass is 10.1. The minimum atomic E-state index is -1.11. The van der Waals surface area contributed by atoms with Crippen LogP contribution in [-0.4, -0.2) is 11.5 Å². The van der Waals surface area contributed by atoms with E-state index in [2.05, 4.69) is 0 Å². The Bertz CT molecular complexity index is 421. The fraction of sp³-hybridized carbons (Fsp3) is 0.273. The molecule has 0 heterocycles. The van der Waals surface area contributed by atoms with Crippen molar-refractivity contribution in [3.8, 4) is 11.9 Å². The number of carbonyl (C=O) groups is 1. The van der Waals surface area contributed by atoms with Gasteiger partial charge in [0, 0.05) is 5.02 Å². The molecule has 0 aliphatic rings. The van der Waals surface area contributed by atoms with Gasteiger partial charge >= 0.3 is 0 Å². The first kappa shape index (κ1) is 12.3. The molecule has 4 nitrogen and oxygen atoms in total. The van der Waals surface area contributed by atoms with E-state index in [1.807, 2.05) is 5.32 Å². The monoisotopic (exact) mass is 238 g/mol. The molecule has 1 aromatic rings. The average molecular weight is 239 g/mol. The van der Waals surface area contributed by atoms with Crippen molar-refractivity contribution in [2.75, 3.05) is 0 Å². The third kappa shape index (κ3) is 3.14. The van der Waals surface area contributed by atoms with Crippen molar-refractivity contribution in [3.05, 3.63) is 29.3 Å². The van der Waals surface area contributed by atoms with Crippen LogP contribution in [-0.2, 0) is 4.79 Å². The van der Waals surface area contributed by atoms with Crippen LogP contribution >= 0.6 is 11.6 Å². The van der Waals surface area contributed by atoms with Crippen LogP contribution in [0.15, 0.2) is 24.3 Å². The Morgan fingerprint density at radius 1 is 1.44 bits per heavy atom. The van der Waals surface area contributed by atoms with Gasteiger partial charge < -0.3 is 4.74 Å². The lowest BCUT2D eigenvalue weighted by Gasteiger charge is -2.23. The molecule has 0 spiro atoms. The molecule has 84 valence electrons. The van der Waals surface area contributed by atoms with E-state index >= 15 is 0 Å². The number of amides is 1. The second kappa shape index (κ2) is 4.86. The van der Waals surface area contributed by atoms with Gasteiger partial charge in [-0.3, -0.25) is 10.1 Å². The second-order valence-corrected chi connectivity index (χ2v) is 4.07. The fourth-order valence-corrected chi connectivity index (χ4v) is 1.17.